The third-order valence-corrected chi connectivity index (χ3v) is 4.96. The van der Waals surface area contributed by atoms with Gasteiger partial charge in [0.2, 0.25) is 0 Å². The van der Waals surface area contributed by atoms with Crippen molar-refractivity contribution in [3.63, 3.8) is 0 Å². The minimum Gasteiger partial charge on any atom is -0.383 e. The molecule has 20 heavy (non-hydrogen) atoms. The molecule has 0 aromatic carbocycles. The molecule has 118 valence electrons. The van der Waals surface area contributed by atoms with Gasteiger partial charge >= 0.3 is 0 Å². The van der Waals surface area contributed by atoms with Gasteiger partial charge in [0.05, 0.1) is 6.61 Å². The maximum Gasteiger partial charge on any atom is 0.0589 e. The van der Waals surface area contributed by atoms with Crippen molar-refractivity contribution in [3.05, 3.63) is 0 Å². The van der Waals surface area contributed by atoms with E-state index in [0.29, 0.717) is 5.41 Å². The van der Waals surface area contributed by atoms with Gasteiger partial charge in [-0.3, -0.25) is 9.80 Å². The van der Waals surface area contributed by atoms with E-state index in [1.54, 1.807) is 7.11 Å². The Labute approximate surface area is 124 Å². The number of hydrogen-bond donors (Lipinski definition) is 1. The average Bonchev–Trinajstić information content (AvgIpc) is 2.85. The molecule has 2 aliphatic heterocycles. The van der Waals surface area contributed by atoms with E-state index in [1.165, 1.54) is 58.5 Å². The van der Waals surface area contributed by atoms with Gasteiger partial charge in [-0.25, -0.2) is 0 Å². The summed E-state index contributed by atoms with van der Waals surface area (Å²) in [5.41, 5.74) is 0.492. The van der Waals surface area contributed by atoms with E-state index in [1.807, 2.05) is 0 Å². The third-order valence-electron chi connectivity index (χ3n) is 4.96. The Morgan fingerprint density at radius 1 is 1.35 bits per heavy atom. The van der Waals surface area contributed by atoms with Crippen LogP contribution in [0.15, 0.2) is 0 Å². The van der Waals surface area contributed by atoms with Gasteiger partial charge in [-0.1, -0.05) is 20.3 Å². The molecule has 0 amide bonds. The average molecular weight is 283 g/mol. The summed E-state index contributed by atoms with van der Waals surface area (Å²) in [5.74, 6) is 0. The fourth-order valence-corrected chi connectivity index (χ4v) is 3.75. The molecule has 2 unspecified atom stereocenters. The molecule has 2 aliphatic rings. The summed E-state index contributed by atoms with van der Waals surface area (Å²) < 4.78 is 5.26. The highest BCUT2D eigenvalue weighted by molar-refractivity contribution is 4.90. The monoisotopic (exact) mass is 283 g/mol. The first-order valence-corrected chi connectivity index (χ1v) is 8.33. The Kier molecular flexibility index (Phi) is 6.27. The molecule has 0 bridgehead atoms. The number of rotatable bonds is 7. The van der Waals surface area contributed by atoms with Gasteiger partial charge in [0, 0.05) is 52.4 Å². The second kappa shape index (κ2) is 7.74. The zero-order chi connectivity index (χ0) is 14.4. The number of methoxy groups -OCH3 is 1. The Morgan fingerprint density at radius 2 is 2.20 bits per heavy atom. The molecule has 0 aliphatic carbocycles. The number of nitrogens with one attached hydrogen (secondary N) is 1. The smallest absolute Gasteiger partial charge is 0.0589 e. The SMILES string of the molecule is CCCC1CN(CC2(C)CCNC2)CCN1CCOC. The molecule has 2 rings (SSSR count). The van der Waals surface area contributed by atoms with Crippen LogP contribution in [0.4, 0.5) is 0 Å². The molecule has 0 aromatic heterocycles. The number of nitrogens with zero attached hydrogens (tertiary/aromatic N) is 2. The van der Waals surface area contributed by atoms with Crippen molar-refractivity contribution in [3.8, 4) is 0 Å². The lowest BCUT2D eigenvalue weighted by atomic mass is 9.88. The van der Waals surface area contributed by atoms with Crippen LogP contribution in [0.2, 0.25) is 0 Å². The summed E-state index contributed by atoms with van der Waals surface area (Å²) in [6.07, 6.45) is 3.92. The molecular weight excluding hydrogens is 250 g/mol. The zero-order valence-electron chi connectivity index (χ0n) is 13.7. The standard InChI is InChI=1S/C16H33N3O/c1-4-5-15-12-18(8-9-19(15)10-11-20-3)14-16(2)6-7-17-13-16/h15,17H,4-14H2,1-3H3. The molecule has 4 nitrogen and oxygen atoms in total. The Hall–Kier alpha value is -0.160. The van der Waals surface area contributed by atoms with Crippen molar-refractivity contribution in [2.75, 3.05) is 59.5 Å². The molecular formula is C16H33N3O. The van der Waals surface area contributed by atoms with E-state index in [0.717, 1.165) is 19.2 Å². The zero-order valence-corrected chi connectivity index (χ0v) is 13.7. The molecule has 2 heterocycles. The summed E-state index contributed by atoms with van der Waals surface area (Å²) in [6.45, 7) is 14.0. The van der Waals surface area contributed by atoms with Crippen LogP contribution in [0.25, 0.3) is 0 Å². The molecule has 0 aromatic rings. The fraction of sp³-hybridized carbons (Fsp3) is 1.00. The van der Waals surface area contributed by atoms with Gasteiger partial charge in [-0.15, -0.1) is 0 Å². The molecule has 2 saturated heterocycles. The van der Waals surface area contributed by atoms with Crippen LogP contribution in [-0.2, 0) is 4.74 Å². The van der Waals surface area contributed by atoms with E-state index in [9.17, 15) is 0 Å². The first-order valence-electron chi connectivity index (χ1n) is 8.33. The third kappa shape index (κ3) is 4.42. The van der Waals surface area contributed by atoms with Crippen molar-refractivity contribution in [2.45, 2.75) is 39.2 Å². The van der Waals surface area contributed by atoms with Crippen LogP contribution >= 0.6 is 0 Å². The topological polar surface area (TPSA) is 27.7 Å². The minimum atomic E-state index is 0.492. The quantitative estimate of drug-likeness (QED) is 0.765. The second-order valence-electron chi connectivity index (χ2n) is 6.94. The molecule has 4 heteroatoms. The van der Waals surface area contributed by atoms with Gasteiger partial charge in [0.25, 0.3) is 0 Å². The lowest BCUT2D eigenvalue weighted by Crippen LogP contribution is -2.55. The fourth-order valence-electron chi connectivity index (χ4n) is 3.75. The van der Waals surface area contributed by atoms with E-state index in [2.05, 4.69) is 29.0 Å². The maximum absolute atomic E-state index is 5.26. The maximum atomic E-state index is 5.26. The highest BCUT2D eigenvalue weighted by Crippen LogP contribution is 2.27. The predicted molar refractivity (Wildman–Crippen MR) is 84.2 cm³/mol. The summed E-state index contributed by atoms with van der Waals surface area (Å²) >= 11 is 0. The van der Waals surface area contributed by atoms with Crippen molar-refractivity contribution < 1.29 is 4.74 Å². The van der Waals surface area contributed by atoms with Crippen molar-refractivity contribution in [1.29, 1.82) is 0 Å². The number of piperazine rings is 1. The Morgan fingerprint density at radius 3 is 2.85 bits per heavy atom. The molecule has 0 spiro atoms. The highest BCUT2D eigenvalue weighted by Gasteiger charge is 2.33. The van der Waals surface area contributed by atoms with Gasteiger partial charge in [-0.2, -0.15) is 0 Å². The van der Waals surface area contributed by atoms with Crippen LogP contribution in [0.5, 0.6) is 0 Å². The van der Waals surface area contributed by atoms with Crippen molar-refractivity contribution in [2.24, 2.45) is 5.41 Å². The van der Waals surface area contributed by atoms with E-state index >= 15 is 0 Å². The van der Waals surface area contributed by atoms with E-state index in [-0.39, 0.29) is 0 Å². The van der Waals surface area contributed by atoms with E-state index < -0.39 is 0 Å². The lowest BCUT2D eigenvalue weighted by molar-refractivity contribution is 0.0319. The Bertz CT molecular complexity index is 279. The molecule has 0 saturated carbocycles. The molecule has 2 fully saturated rings. The number of hydrogen-bond acceptors (Lipinski definition) is 4. The van der Waals surface area contributed by atoms with Gasteiger partial charge < -0.3 is 10.1 Å². The number of ether oxygens (including phenoxy) is 1. The van der Waals surface area contributed by atoms with Gasteiger partial charge in [-0.05, 0) is 24.8 Å². The van der Waals surface area contributed by atoms with Crippen molar-refractivity contribution >= 4 is 0 Å². The van der Waals surface area contributed by atoms with Crippen LogP contribution in [0, 0.1) is 5.41 Å². The summed E-state index contributed by atoms with van der Waals surface area (Å²) in [5, 5.41) is 3.52. The van der Waals surface area contributed by atoms with Gasteiger partial charge in [0.15, 0.2) is 0 Å². The first-order chi connectivity index (χ1) is 9.67. The normalized spacial score (nSPS) is 32.9. The largest absolute Gasteiger partial charge is 0.383 e. The molecule has 1 N–H and O–H groups in total. The van der Waals surface area contributed by atoms with Crippen LogP contribution in [0.1, 0.15) is 33.1 Å². The minimum absolute atomic E-state index is 0.492. The summed E-state index contributed by atoms with van der Waals surface area (Å²) in [7, 11) is 1.80. The van der Waals surface area contributed by atoms with Crippen molar-refractivity contribution in [1.82, 2.24) is 15.1 Å². The summed E-state index contributed by atoms with van der Waals surface area (Å²) in [4.78, 5) is 5.34. The van der Waals surface area contributed by atoms with Crippen LogP contribution < -0.4 is 5.32 Å². The predicted octanol–water partition coefficient (Wildman–Crippen LogP) is 1.42. The second-order valence-corrected chi connectivity index (χ2v) is 6.94. The highest BCUT2D eigenvalue weighted by atomic mass is 16.5. The first kappa shape index (κ1) is 16.2. The molecule has 0 radical (unpaired) electrons. The van der Waals surface area contributed by atoms with Crippen LogP contribution in [-0.4, -0.2) is 75.4 Å². The molecule has 2 atom stereocenters. The van der Waals surface area contributed by atoms with E-state index in [4.69, 9.17) is 4.74 Å². The lowest BCUT2D eigenvalue weighted by Gasteiger charge is -2.44. The van der Waals surface area contributed by atoms with Crippen LogP contribution in [0.3, 0.4) is 0 Å². The van der Waals surface area contributed by atoms with Gasteiger partial charge in [0.1, 0.15) is 0 Å². The Balaban J connectivity index is 1.85. The summed E-state index contributed by atoms with van der Waals surface area (Å²) in [6, 6.07) is 0.724.